The van der Waals surface area contributed by atoms with Crippen molar-refractivity contribution in [2.45, 2.75) is 26.8 Å². The number of H-pyrrole nitrogens is 1. The van der Waals surface area contributed by atoms with Gasteiger partial charge in [0.1, 0.15) is 19.6 Å². The summed E-state index contributed by atoms with van der Waals surface area (Å²) in [5.41, 5.74) is 2.58. The van der Waals surface area contributed by atoms with Crippen molar-refractivity contribution in [2.75, 3.05) is 57.4 Å². The Morgan fingerprint density at radius 2 is 1.74 bits per heavy atom. The fraction of sp³-hybridized carbons (Fsp3) is 0.500. The van der Waals surface area contributed by atoms with E-state index in [0.29, 0.717) is 19.8 Å². The SMILES string of the molecule is CCOc1cc2c(cc1OCC)C[NH+](CC(=O)N1CCN(c3cccc[nH+]3)CC1)CC2. The predicted octanol–water partition coefficient (Wildman–Crippen LogP) is 0.588. The Labute approximate surface area is 184 Å². The monoisotopic (exact) mass is 426 g/mol. The first-order valence-corrected chi connectivity index (χ1v) is 11.4. The Hall–Kier alpha value is -2.80. The number of hydrogen-bond donors (Lipinski definition) is 1. The van der Waals surface area contributed by atoms with Crippen LogP contribution in [0.2, 0.25) is 0 Å². The van der Waals surface area contributed by atoms with Gasteiger partial charge >= 0.3 is 0 Å². The van der Waals surface area contributed by atoms with Crippen LogP contribution in [0.1, 0.15) is 25.0 Å². The van der Waals surface area contributed by atoms with Gasteiger partial charge in [0.25, 0.3) is 11.7 Å². The zero-order valence-corrected chi connectivity index (χ0v) is 18.7. The molecule has 0 saturated carbocycles. The highest BCUT2D eigenvalue weighted by Gasteiger charge is 2.30. The molecule has 2 N–H and O–H groups in total. The molecular formula is C24H34N4O3+2. The van der Waals surface area contributed by atoms with Crippen LogP contribution in [0, 0.1) is 0 Å². The van der Waals surface area contributed by atoms with Crippen LogP contribution in [0.3, 0.4) is 0 Å². The van der Waals surface area contributed by atoms with Crippen LogP contribution in [0.4, 0.5) is 5.82 Å². The number of carbonyl (C=O) groups excluding carboxylic acids is 1. The first kappa shape index (κ1) is 21.4. The summed E-state index contributed by atoms with van der Waals surface area (Å²) in [4.78, 5) is 21.9. The minimum Gasteiger partial charge on any atom is -0.490 e. The summed E-state index contributed by atoms with van der Waals surface area (Å²) in [5.74, 6) is 3.01. The number of carbonyl (C=O) groups is 1. The number of benzene rings is 1. The number of aromatic nitrogens is 1. The van der Waals surface area contributed by atoms with Gasteiger partial charge in [-0.2, -0.15) is 0 Å². The number of anilines is 1. The molecule has 1 aromatic carbocycles. The molecule has 0 spiro atoms. The number of nitrogens with one attached hydrogen (secondary N) is 2. The van der Waals surface area contributed by atoms with E-state index in [-0.39, 0.29) is 5.91 Å². The fourth-order valence-electron chi connectivity index (χ4n) is 4.50. The standard InChI is InChI=1S/C24H32N4O3/c1-3-30-21-15-19-8-10-26(17-20(19)16-22(21)31-4-2)18-24(29)28-13-11-27(12-14-28)23-7-5-6-9-25-23/h5-7,9,15-16H,3-4,8,10-14,17-18H2,1-2H3/p+2. The lowest BCUT2D eigenvalue weighted by atomic mass is 9.98. The van der Waals surface area contributed by atoms with Crippen molar-refractivity contribution >= 4 is 11.7 Å². The summed E-state index contributed by atoms with van der Waals surface area (Å²) in [7, 11) is 0. The first-order valence-electron chi connectivity index (χ1n) is 11.4. The quantitative estimate of drug-likeness (QED) is 0.704. The molecular weight excluding hydrogens is 392 g/mol. The topological polar surface area (TPSA) is 60.6 Å². The van der Waals surface area contributed by atoms with Crippen LogP contribution in [0.25, 0.3) is 0 Å². The smallest absolute Gasteiger partial charge is 0.278 e. The molecule has 1 saturated heterocycles. The number of nitrogens with zero attached hydrogens (tertiary/aromatic N) is 2. The molecule has 2 aliphatic heterocycles. The molecule has 31 heavy (non-hydrogen) atoms. The molecule has 1 amide bonds. The molecule has 2 aromatic rings. The third kappa shape index (κ3) is 5.10. The van der Waals surface area contributed by atoms with E-state index < -0.39 is 0 Å². The number of quaternary nitrogens is 1. The van der Waals surface area contributed by atoms with Gasteiger partial charge < -0.3 is 19.3 Å². The van der Waals surface area contributed by atoms with Crippen molar-refractivity contribution < 1.29 is 24.2 Å². The van der Waals surface area contributed by atoms with Gasteiger partial charge in [0.15, 0.2) is 18.0 Å². The van der Waals surface area contributed by atoms with Crippen LogP contribution in [0.5, 0.6) is 11.5 Å². The van der Waals surface area contributed by atoms with E-state index in [9.17, 15) is 4.79 Å². The number of fused-ring (bicyclic) bond motifs is 1. The van der Waals surface area contributed by atoms with E-state index in [0.717, 1.165) is 63.0 Å². The molecule has 2 aliphatic rings. The minimum atomic E-state index is 0.256. The lowest BCUT2D eigenvalue weighted by molar-refractivity contribution is -0.908. The molecule has 7 heteroatoms. The van der Waals surface area contributed by atoms with Crippen LogP contribution < -0.4 is 24.3 Å². The van der Waals surface area contributed by atoms with Gasteiger partial charge in [0.05, 0.1) is 39.0 Å². The van der Waals surface area contributed by atoms with Gasteiger partial charge in [-0.1, -0.05) is 6.07 Å². The van der Waals surface area contributed by atoms with E-state index >= 15 is 0 Å². The number of ether oxygens (including phenoxy) is 2. The van der Waals surface area contributed by atoms with Gasteiger partial charge in [0, 0.05) is 18.1 Å². The average molecular weight is 427 g/mol. The number of aromatic amines is 1. The average Bonchev–Trinajstić information content (AvgIpc) is 2.80. The Balaban J connectivity index is 1.34. The number of piperazine rings is 1. The summed E-state index contributed by atoms with van der Waals surface area (Å²) >= 11 is 0. The maximum atomic E-state index is 13.0. The Morgan fingerprint density at radius 1 is 1.03 bits per heavy atom. The number of rotatable bonds is 7. The second kappa shape index (κ2) is 10.0. The highest BCUT2D eigenvalue weighted by molar-refractivity contribution is 5.77. The van der Waals surface area contributed by atoms with Crippen LogP contribution >= 0.6 is 0 Å². The third-order valence-corrected chi connectivity index (χ3v) is 6.12. The number of amides is 1. The Bertz CT molecular complexity index is 882. The third-order valence-electron chi connectivity index (χ3n) is 6.12. The van der Waals surface area contributed by atoms with Crippen molar-refractivity contribution in [1.82, 2.24) is 4.90 Å². The largest absolute Gasteiger partial charge is 0.490 e. The first-order chi connectivity index (χ1) is 15.2. The van der Waals surface area contributed by atoms with Crippen molar-refractivity contribution in [2.24, 2.45) is 0 Å². The lowest BCUT2D eigenvalue weighted by Gasteiger charge is -2.33. The minimum absolute atomic E-state index is 0.256. The molecule has 7 nitrogen and oxygen atoms in total. The number of hydrogen-bond acceptors (Lipinski definition) is 4. The molecule has 1 aromatic heterocycles. The summed E-state index contributed by atoms with van der Waals surface area (Å²) in [6.45, 7) is 10.9. The van der Waals surface area contributed by atoms with Gasteiger partial charge in [-0.15, -0.1) is 0 Å². The van der Waals surface area contributed by atoms with Gasteiger partial charge in [-0.25, -0.2) is 4.98 Å². The summed E-state index contributed by atoms with van der Waals surface area (Å²) in [6.07, 6.45) is 2.90. The molecule has 1 atom stereocenters. The Morgan fingerprint density at radius 3 is 2.39 bits per heavy atom. The van der Waals surface area contributed by atoms with E-state index in [1.807, 2.05) is 37.1 Å². The van der Waals surface area contributed by atoms with E-state index in [1.165, 1.54) is 16.0 Å². The van der Waals surface area contributed by atoms with Crippen molar-refractivity contribution in [3.63, 3.8) is 0 Å². The zero-order valence-electron chi connectivity index (χ0n) is 18.7. The van der Waals surface area contributed by atoms with Crippen LogP contribution in [-0.4, -0.2) is 63.3 Å². The molecule has 1 fully saturated rings. The fourth-order valence-corrected chi connectivity index (χ4v) is 4.50. The molecule has 0 bridgehead atoms. The van der Waals surface area contributed by atoms with Gasteiger partial charge in [-0.05, 0) is 37.6 Å². The van der Waals surface area contributed by atoms with Crippen LogP contribution in [0.15, 0.2) is 36.5 Å². The highest BCUT2D eigenvalue weighted by atomic mass is 16.5. The zero-order chi connectivity index (χ0) is 21.6. The molecule has 166 valence electrons. The predicted molar refractivity (Wildman–Crippen MR) is 119 cm³/mol. The second-order valence-corrected chi connectivity index (χ2v) is 8.15. The summed E-state index contributed by atoms with van der Waals surface area (Å²) in [5, 5.41) is 0. The molecule has 3 heterocycles. The van der Waals surface area contributed by atoms with Crippen molar-refractivity contribution in [1.29, 1.82) is 0 Å². The molecule has 0 radical (unpaired) electrons. The maximum Gasteiger partial charge on any atom is 0.278 e. The van der Waals surface area contributed by atoms with Gasteiger partial charge in [0.2, 0.25) is 0 Å². The normalized spacial score (nSPS) is 18.5. The summed E-state index contributed by atoms with van der Waals surface area (Å²) < 4.78 is 11.6. The summed E-state index contributed by atoms with van der Waals surface area (Å²) in [6, 6.07) is 10.3. The van der Waals surface area contributed by atoms with E-state index in [4.69, 9.17) is 9.47 Å². The maximum absolute atomic E-state index is 13.0. The van der Waals surface area contributed by atoms with Crippen molar-refractivity contribution in [3.05, 3.63) is 47.7 Å². The highest BCUT2D eigenvalue weighted by Crippen LogP contribution is 2.32. The van der Waals surface area contributed by atoms with Crippen LogP contribution in [-0.2, 0) is 17.8 Å². The number of pyridine rings is 1. The molecule has 0 aliphatic carbocycles. The lowest BCUT2D eigenvalue weighted by Crippen LogP contribution is -3.12. The van der Waals surface area contributed by atoms with E-state index in [1.54, 1.807) is 0 Å². The van der Waals surface area contributed by atoms with Crippen molar-refractivity contribution in [3.8, 4) is 11.5 Å². The Kier molecular flexibility index (Phi) is 6.92. The van der Waals surface area contributed by atoms with Gasteiger partial charge in [-0.3, -0.25) is 9.69 Å². The second-order valence-electron chi connectivity index (χ2n) is 8.15. The molecule has 4 rings (SSSR count). The van der Waals surface area contributed by atoms with E-state index in [2.05, 4.69) is 28.1 Å². The molecule has 1 unspecified atom stereocenters.